The van der Waals surface area contributed by atoms with E-state index in [1.165, 1.54) is 17.0 Å². The molecule has 0 unspecified atom stereocenters. The van der Waals surface area contributed by atoms with Gasteiger partial charge < -0.3 is 15.1 Å². The standard InChI is InChI=1S/C21H25N3O3S/c25-18(19-7-4-16-28-19)8-9-20(26)22-11-10-21(27)24-14-12-23(13-15-24)17-5-2-1-3-6-17/h1-7,16H,8-15H2,(H,22,26). The first-order chi connectivity index (χ1) is 13.6. The minimum Gasteiger partial charge on any atom is -0.368 e. The number of hydrogen-bond donors (Lipinski definition) is 1. The number of Topliss-reactive ketones (excluding diaryl/α,β-unsaturated/α-hetero) is 1. The first-order valence-corrected chi connectivity index (χ1v) is 10.4. The van der Waals surface area contributed by atoms with E-state index in [4.69, 9.17) is 0 Å². The molecule has 2 heterocycles. The molecule has 1 fully saturated rings. The summed E-state index contributed by atoms with van der Waals surface area (Å²) in [4.78, 5) is 40.9. The smallest absolute Gasteiger partial charge is 0.224 e. The second kappa shape index (κ2) is 10.0. The molecule has 0 aliphatic carbocycles. The van der Waals surface area contributed by atoms with Gasteiger partial charge in [0.05, 0.1) is 4.88 Å². The van der Waals surface area contributed by atoms with Crippen LogP contribution < -0.4 is 10.2 Å². The van der Waals surface area contributed by atoms with E-state index in [0.29, 0.717) is 24.5 Å². The number of nitrogens with zero attached hydrogens (tertiary/aromatic N) is 2. The van der Waals surface area contributed by atoms with Gasteiger partial charge in [-0.1, -0.05) is 24.3 Å². The molecule has 0 saturated carbocycles. The highest BCUT2D eigenvalue weighted by atomic mass is 32.1. The minimum atomic E-state index is -0.188. The van der Waals surface area contributed by atoms with Gasteiger partial charge in [0.2, 0.25) is 11.8 Å². The number of benzene rings is 1. The zero-order valence-corrected chi connectivity index (χ0v) is 16.6. The molecule has 1 aliphatic rings. The third-order valence-corrected chi connectivity index (χ3v) is 5.70. The van der Waals surface area contributed by atoms with Crippen molar-refractivity contribution in [3.63, 3.8) is 0 Å². The van der Waals surface area contributed by atoms with Crippen molar-refractivity contribution in [2.45, 2.75) is 19.3 Å². The number of rotatable bonds is 8. The number of para-hydroxylation sites is 1. The predicted octanol–water partition coefficient (Wildman–Crippen LogP) is 2.57. The highest BCUT2D eigenvalue weighted by Gasteiger charge is 2.21. The van der Waals surface area contributed by atoms with Crippen molar-refractivity contribution >= 4 is 34.6 Å². The number of anilines is 1. The van der Waals surface area contributed by atoms with Crippen LogP contribution in [-0.4, -0.2) is 55.2 Å². The summed E-state index contributed by atoms with van der Waals surface area (Å²) in [5, 5.41) is 4.59. The Morgan fingerprint density at radius 1 is 0.893 bits per heavy atom. The highest BCUT2D eigenvalue weighted by Crippen LogP contribution is 2.16. The van der Waals surface area contributed by atoms with E-state index in [1.807, 2.05) is 34.5 Å². The van der Waals surface area contributed by atoms with Gasteiger partial charge >= 0.3 is 0 Å². The van der Waals surface area contributed by atoms with Gasteiger partial charge in [0.25, 0.3) is 0 Å². The largest absolute Gasteiger partial charge is 0.368 e. The lowest BCUT2D eigenvalue weighted by Gasteiger charge is -2.36. The van der Waals surface area contributed by atoms with Crippen molar-refractivity contribution in [3.8, 4) is 0 Å². The van der Waals surface area contributed by atoms with Crippen LogP contribution in [-0.2, 0) is 9.59 Å². The summed E-state index contributed by atoms with van der Waals surface area (Å²) in [6, 6.07) is 13.8. The third kappa shape index (κ3) is 5.66. The summed E-state index contributed by atoms with van der Waals surface area (Å²) in [6.07, 6.45) is 0.637. The van der Waals surface area contributed by atoms with Crippen molar-refractivity contribution < 1.29 is 14.4 Å². The van der Waals surface area contributed by atoms with Gasteiger partial charge in [0, 0.05) is 57.7 Å². The van der Waals surface area contributed by atoms with Crippen LogP contribution in [0.2, 0.25) is 0 Å². The number of hydrogen-bond acceptors (Lipinski definition) is 5. The predicted molar refractivity (Wildman–Crippen MR) is 111 cm³/mol. The Labute approximate surface area is 169 Å². The summed E-state index contributed by atoms with van der Waals surface area (Å²) in [6.45, 7) is 3.32. The zero-order valence-electron chi connectivity index (χ0n) is 15.8. The average molecular weight is 400 g/mol. The molecule has 0 atom stereocenters. The Morgan fingerprint density at radius 3 is 2.32 bits per heavy atom. The molecular formula is C21H25N3O3S. The number of carbonyl (C=O) groups excluding carboxylic acids is 3. The van der Waals surface area contributed by atoms with E-state index < -0.39 is 0 Å². The summed E-state index contributed by atoms with van der Waals surface area (Å²) in [7, 11) is 0. The van der Waals surface area contributed by atoms with Crippen LogP contribution in [0.25, 0.3) is 0 Å². The first kappa shape index (κ1) is 20.1. The quantitative estimate of drug-likeness (QED) is 0.693. The van der Waals surface area contributed by atoms with E-state index in [9.17, 15) is 14.4 Å². The molecule has 1 saturated heterocycles. The molecule has 148 valence electrons. The third-order valence-electron chi connectivity index (χ3n) is 4.79. The van der Waals surface area contributed by atoms with E-state index in [1.54, 1.807) is 6.07 Å². The van der Waals surface area contributed by atoms with Gasteiger partial charge in [-0.05, 0) is 23.6 Å². The molecule has 1 aromatic heterocycles. The Hall–Kier alpha value is -2.67. The van der Waals surface area contributed by atoms with E-state index in [2.05, 4.69) is 22.3 Å². The second-order valence-corrected chi connectivity index (χ2v) is 7.65. The Balaban J connectivity index is 1.31. The fraction of sp³-hybridized carbons (Fsp3) is 0.381. The molecule has 0 radical (unpaired) electrons. The molecule has 2 amide bonds. The number of piperazine rings is 1. The van der Waals surface area contributed by atoms with Crippen LogP contribution in [0, 0.1) is 0 Å². The number of thiophene rings is 1. The summed E-state index contributed by atoms with van der Waals surface area (Å²) < 4.78 is 0. The number of ketones is 1. The summed E-state index contributed by atoms with van der Waals surface area (Å²) in [5.41, 5.74) is 1.18. The fourth-order valence-corrected chi connectivity index (χ4v) is 3.89. The van der Waals surface area contributed by atoms with Crippen LogP contribution in [0.3, 0.4) is 0 Å². The molecular weight excluding hydrogens is 374 g/mol. The van der Waals surface area contributed by atoms with Gasteiger partial charge in [-0.3, -0.25) is 14.4 Å². The molecule has 28 heavy (non-hydrogen) atoms. The highest BCUT2D eigenvalue weighted by molar-refractivity contribution is 7.12. The molecule has 1 aromatic carbocycles. The molecule has 6 nitrogen and oxygen atoms in total. The SMILES string of the molecule is O=C(CCC(=O)c1cccs1)NCCC(=O)N1CCN(c2ccccc2)CC1. The molecule has 0 bridgehead atoms. The molecule has 1 aliphatic heterocycles. The lowest BCUT2D eigenvalue weighted by molar-refractivity contribution is -0.131. The fourth-order valence-electron chi connectivity index (χ4n) is 3.20. The molecule has 7 heteroatoms. The van der Waals surface area contributed by atoms with Gasteiger partial charge in [0.1, 0.15) is 0 Å². The average Bonchev–Trinajstić information content (AvgIpc) is 3.28. The topological polar surface area (TPSA) is 69.7 Å². The van der Waals surface area contributed by atoms with Gasteiger partial charge in [0.15, 0.2) is 5.78 Å². The van der Waals surface area contributed by atoms with E-state index in [-0.39, 0.29) is 36.9 Å². The summed E-state index contributed by atoms with van der Waals surface area (Å²) >= 11 is 1.38. The van der Waals surface area contributed by atoms with Crippen molar-refractivity contribution in [3.05, 3.63) is 52.7 Å². The lowest BCUT2D eigenvalue weighted by Crippen LogP contribution is -2.49. The monoisotopic (exact) mass is 399 g/mol. The molecule has 2 aromatic rings. The Bertz CT molecular complexity index is 784. The van der Waals surface area contributed by atoms with E-state index in [0.717, 1.165) is 13.1 Å². The summed E-state index contributed by atoms with van der Waals surface area (Å²) in [5.74, 6) is -0.146. The Kier molecular flexibility index (Phi) is 7.19. The van der Waals surface area contributed by atoms with Gasteiger partial charge in [-0.25, -0.2) is 0 Å². The number of amides is 2. The van der Waals surface area contributed by atoms with Gasteiger partial charge in [-0.2, -0.15) is 0 Å². The minimum absolute atomic E-state index is 0.0162. The maximum Gasteiger partial charge on any atom is 0.224 e. The molecule has 1 N–H and O–H groups in total. The first-order valence-electron chi connectivity index (χ1n) is 9.54. The van der Waals surface area contributed by atoms with Crippen molar-refractivity contribution in [2.24, 2.45) is 0 Å². The maximum absolute atomic E-state index is 12.3. The lowest BCUT2D eigenvalue weighted by atomic mass is 10.2. The number of nitrogens with one attached hydrogen (secondary N) is 1. The van der Waals surface area contributed by atoms with Crippen LogP contribution in [0.15, 0.2) is 47.8 Å². The number of carbonyl (C=O) groups is 3. The van der Waals surface area contributed by atoms with Crippen molar-refractivity contribution in [1.82, 2.24) is 10.2 Å². The van der Waals surface area contributed by atoms with Crippen LogP contribution in [0.5, 0.6) is 0 Å². The van der Waals surface area contributed by atoms with Crippen LogP contribution >= 0.6 is 11.3 Å². The Morgan fingerprint density at radius 2 is 1.64 bits per heavy atom. The van der Waals surface area contributed by atoms with E-state index >= 15 is 0 Å². The van der Waals surface area contributed by atoms with Gasteiger partial charge in [-0.15, -0.1) is 11.3 Å². The van der Waals surface area contributed by atoms with Crippen LogP contribution in [0.1, 0.15) is 28.9 Å². The van der Waals surface area contributed by atoms with Crippen LogP contribution in [0.4, 0.5) is 5.69 Å². The van der Waals surface area contributed by atoms with Crippen molar-refractivity contribution in [1.29, 1.82) is 0 Å². The van der Waals surface area contributed by atoms with Crippen molar-refractivity contribution in [2.75, 3.05) is 37.6 Å². The second-order valence-electron chi connectivity index (χ2n) is 6.70. The zero-order chi connectivity index (χ0) is 19.8. The normalized spacial score (nSPS) is 14.0. The maximum atomic E-state index is 12.3. The molecule has 3 rings (SSSR count). The molecule has 0 spiro atoms.